The lowest BCUT2D eigenvalue weighted by Gasteiger charge is -2.31. The number of carbonyl (C=O) groups excluding carboxylic acids is 5. The number of hydrogen-bond donors (Lipinski definition) is 5. The molecule has 6 rings (SSSR count). The van der Waals surface area contributed by atoms with E-state index in [4.69, 9.17) is 20.2 Å². The molecule has 264 valence electrons. The van der Waals surface area contributed by atoms with E-state index in [0.29, 0.717) is 51.8 Å². The van der Waals surface area contributed by atoms with Crippen LogP contribution < -0.4 is 27.2 Å². The molecule has 2 aromatic heterocycles. The van der Waals surface area contributed by atoms with Gasteiger partial charge in [0.2, 0.25) is 11.8 Å². The number of rotatable bonds is 10. The Kier molecular flexibility index (Phi) is 9.04. The third-order valence-electron chi connectivity index (χ3n) is 9.42. The molecule has 4 heterocycles. The van der Waals surface area contributed by atoms with Crippen molar-refractivity contribution in [3.05, 3.63) is 61.7 Å². The summed E-state index contributed by atoms with van der Waals surface area (Å²) in [5.74, 6) is -3.16. The number of aryl methyl sites for hydroxylation is 1. The van der Waals surface area contributed by atoms with Crippen molar-refractivity contribution in [3.8, 4) is 11.4 Å². The molecule has 3 aliphatic rings. The molecular weight excluding hydrogens is 659 g/mol. The van der Waals surface area contributed by atoms with Crippen LogP contribution in [0.3, 0.4) is 0 Å². The Balaban J connectivity index is 1.27. The van der Waals surface area contributed by atoms with E-state index in [0.717, 1.165) is 5.56 Å². The van der Waals surface area contributed by atoms with Crippen LogP contribution in [0.15, 0.2) is 16.9 Å². The van der Waals surface area contributed by atoms with Gasteiger partial charge in [-0.1, -0.05) is 6.92 Å². The third-order valence-corrected chi connectivity index (χ3v) is 9.42. The van der Waals surface area contributed by atoms with E-state index in [1.165, 1.54) is 17.6 Å². The molecule has 0 radical (unpaired) electrons. The van der Waals surface area contributed by atoms with Gasteiger partial charge in [-0.05, 0) is 55.9 Å². The predicted octanol–water partition coefficient (Wildman–Crippen LogP) is 0.321. The van der Waals surface area contributed by atoms with Crippen LogP contribution in [0.25, 0.3) is 22.3 Å². The summed E-state index contributed by atoms with van der Waals surface area (Å²) in [4.78, 5) is 79.3. The zero-order valence-electron chi connectivity index (χ0n) is 27.4. The van der Waals surface area contributed by atoms with Crippen molar-refractivity contribution in [2.45, 2.75) is 70.9 Å². The number of aromatic nitrogens is 2. The van der Waals surface area contributed by atoms with Gasteiger partial charge in [0.05, 0.1) is 35.1 Å². The van der Waals surface area contributed by atoms with Gasteiger partial charge < -0.3 is 45.6 Å². The molecule has 1 aliphatic carbocycles. The lowest BCUT2D eigenvalue weighted by Crippen LogP contribution is -2.47. The van der Waals surface area contributed by atoms with Gasteiger partial charge >= 0.3 is 12.1 Å². The van der Waals surface area contributed by atoms with Crippen LogP contribution in [-0.4, -0.2) is 70.4 Å². The number of primary amides is 1. The summed E-state index contributed by atoms with van der Waals surface area (Å²) in [6, 6.07) is 1.27. The topological polar surface area (TPSA) is 230 Å². The molecule has 4 amide bonds. The van der Waals surface area contributed by atoms with Crippen LogP contribution in [0.1, 0.15) is 66.1 Å². The number of benzene rings is 1. The normalized spacial score (nSPS) is 19.1. The standard InChI is InChI=1S/C33H35FN6O10/c1-4-33(47)19-7-23-28-17(9-40(23)30(44)18(19)10-49-31(33)45)27-21(6-5-16-14(2)20(34)8-22(38-28)26(16)27)39-29(43)15(3)37-25(42)11-48-13-36-24(41)12-50-32(35)46/h7-8,15,21,47H,4-6,9-13H2,1-3H3,(H2,35,46)(H,36,41)(H,37,42)(H,39,43)/t15-,21-,33-/m0/s1. The Morgan fingerprint density at radius 2 is 1.94 bits per heavy atom. The van der Waals surface area contributed by atoms with Gasteiger partial charge in [0.15, 0.2) is 12.2 Å². The molecule has 0 fully saturated rings. The molecule has 0 spiro atoms. The molecule has 3 atom stereocenters. The largest absolute Gasteiger partial charge is 0.458 e. The molecule has 50 heavy (non-hydrogen) atoms. The maximum absolute atomic E-state index is 15.2. The second-order valence-corrected chi connectivity index (χ2v) is 12.4. The lowest BCUT2D eigenvalue weighted by molar-refractivity contribution is -0.172. The summed E-state index contributed by atoms with van der Waals surface area (Å²) in [6.45, 7) is 3.07. The van der Waals surface area contributed by atoms with Crippen LogP contribution in [0.2, 0.25) is 0 Å². The van der Waals surface area contributed by atoms with Gasteiger partial charge in [0.1, 0.15) is 31.8 Å². The number of fused-ring (bicyclic) bond motifs is 5. The zero-order valence-corrected chi connectivity index (χ0v) is 27.4. The number of amides is 4. The van der Waals surface area contributed by atoms with Gasteiger partial charge in [0.25, 0.3) is 11.5 Å². The van der Waals surface area contributed by atoms with Crippen LogP contribution >= 0.6 is 0 Å². The van der Waals surface area contributed by atoms with Crippen molar-refractivity contribution < 1.29 is 47.7 Å². The van der Waals surface area contributed by atoms with E-state index in [2.05, 4.69) is 20.7 Å². The van der Waals surface area contributed by atoms with Crippen molar-refractivity contribution in [1.29, 1.82) is 0 Å². The number of nitrogens with two attached hydrogens (primary N) is 1. The number of pyridine rings is 2. The van der Waals surface area contributed by atoms with Gasteiger partial charge in [-0.25, -0.2) is 19.0 Å². The molecule has 3 aromatic rings. The molecule has 6 N–H and O–H groups in total. The summed E-state index contributed by atoms with van der Waals surface area (Å²) in [7, 11) is 0. The highest BCUT2D eigenvalue weighted by atomic mass is 19.1. The zero-order chi connectivity index (χ0) is 36.1. The van der Waals surface area contributed by atoms with E-state index in [1.807, 2.05) is 0 Å². The number of nitrogens with zero attached hydrogens (tertiary/aromatic N) is 2. The van der Waals surface area contributed by atoms with Crippen molar-refractivity contribution in [1.82, 2.24) is 25.5 Å². The van der Waals surface area contributed by atoms with E-state index in [9.17, 15) is 33.9 Å². The van der Waals surface area contributed by atoms with Gasteiger partial charge in [0, 0.05) is 22.6 Å². The molecule has 16 nitrogen and oxygen atoms in total. The fraction of sp³-hybridized carbons (Fsp3) is 0.424. The number of cyclic esters (lactones) is 1. The molecule has 1 aromatic carbocycles. The number of aliphatic hydroxyl groups is 1. The fourth-order valence-corrected chi connectivity index (χ4v) is 6.81. The number of esters is 1. The minimum Gasteiger partial charge on any atom is -0.458 e. The first kappa shape index (κ1) is 34.4. The Labute approximate surface area is 283 Å². The average Bonchev–Trinajstić information content (AvgIpc) is 3.45. The van der Waals surface area contributed by atoms with E-state index < -0.39 is 72.1 Å². The Morgan fingerprint density at radius 1 is 1.18 bits per heavy atom. The first-order chi connectivity index (χ1) is 23.7. The predicted molar refractivity (Wildman–Crippen MR) is 171 cm³/mol. The quantitative estimate of drug-likeness (QED) is 0.0862. The molecule has 0 unspecified atom stereocenters. The van der Waals surface area contributed by atoms with E-state index in [1.54, 1.807) is 19.9 Å². The molecule has 0 saturated heterocycles. The van der Waals surface area contributed by atoms with Crippen LogP contribution in [0.4, 0.5) is 9.18 Å². The number of halogens is 1. The van der Waals surface area contributed by atoms with E-state index in [-0.39, 0.29) is 37.4 Å². The smallest absolute Gasteiger partial charge is 0.405 e. The maximum atomic E-state index is 15.2. The summed E-state index contributed by atoms with van der Waals surface area (Å²) in [6.07, 6.45) is -0.339. The minimum atomic E-state index is -2.02. The number of hydrogen-bond acceptors (Lipinski definition) is 11. The monoisotopic (exact) mass is 694 g/mol. The number of ether oxygens (including phenoxy) is 3. The summed E-state index contributed by atoms with van der Waals surface area (Å²) in [5.41, 5.74) is 6.15. The molecule has 17 heteroatoms. The van der Waals surface area contributed by atoms with Crippen molar-refractivity contribution >= 4 is 40.7 Å². The Bertz CT molecular complexity index is 2050. The number of nitrogens with one attached hydrogen (secondary N) is 3. The van der Waals surface area contributed by atoms with Gasteiger partial charge in [-0.3, -0.25) is 19.2 Å². The second kappa shape index (κ2) is 13.1. The average molecular weight is 695 g/mol. The van der Waals surface area contributed by atoms with Crippen LogP contribution in [-0.2, 0) is 58.6 Å². The molecule has 0 bridgehead atoms. The Hall–Kier alpha value is -5.42. The maximum Gasteiger partial charge on any atom is 0.405 e. The Morgan fingerprint density at radius 3 is 2.66 bits per heavy atom. The first-order valence-electron chi connectivity index (χ1n) is 15.9. The van der Waals surface area contributed by atoms with Gasteiger partial charge in [-0.2, -0.15) is 0 Å². The van der Waals surface area contributed by atoms with Gasteiger partial charge in [-0.15, -0.1) is 0 Å². The summed E-state index contributed by atoms with van der Waals surface area (Å²) in [5, 5.41) is 19.7. The van der Waals surface area contributed by atoms with Crippen LogP contribution in [0, 0.1) is 12.7 Å². The first-order valence-corrected chi connectivity index (χ1v) is 15.9. The molecular formula is C33H35FN6O10. The summed E-state index contributed by atoms with van der Waals surface area (Å²) < 4.78 is 31.3. The van der Waals surface area contributed by atoms with E-state index >= 15 is 4.39 Å². The second-order valence-electron chi connectivity index (χ2n) is 12.4. The minimum absolute atomic E-state index is 0.0296. The van der Waals surface area contributed by atoms with Crippen molar-refractivity contribution in [2.24, 2.45) is 5.73 Å². The molecule has 2 aliphatic heterocycles. The van der Waals surface area contributed by atoms with Crippen LogP contribution in [0.5, 0.6) is 0 Å². The molecule has 0 saturated carbocycles. The highest BCUT2D eigenvalue weighted by Crippen LogP contribution is 2.46. The SMILES string of the molecule is CC[C@@]1(O)C(=O)OCc2c1cc1n(c2=O)Cc2c-1nc1cc(F)c(C)c3c1c2[C@@H](NC(=O)[C@H](C)NC(=O)COCNC(=O)COC(N)=O)CC3. The lowest BCUT2D eigenvalue weighted by atomic mass is 9.81. The van der Waals surface area contributed by atoms with Crippen molar-refractivity contribution in [3.63, 3.8) is 0 Å². The third kappa shape index (κ3) is 5.91. The fourth-order valence-electron chi connectivity index (χ4n) is 6.81. The number of carbonyl (C=O) groups is 5. The van der Waals surface area contributed by atoms with Crippen molar-refractivity contribution in [2.75, 3.05) is 19.9 Å². The highest BCUT2D eigenvalue weighted by molar-refractivity contribution is 5.94. The highest BCUT2D eigenvalue weighted by Gasteiger charge is 2.46. The summed E-state index contributed by atoms with van der Waals surface area (Å²) >= 11 is 0.